The topological polar surface area (TPSA) is 61.8 Å². The number of phenols is 1. The van der Waals surface area contributed by atoms with Gasteiger partial charge in [0.15, 0.2) is 0 Å². The molecule has 0 spiro atoms. The van der Waals surface area contributed by atoms with Crippen LogP contribution < -0.4 is 0 Å². The number of unbranched alkanes of at least 4 members (excludes halogenated alkanes) is 10. The van der Waals surface area contributed by atoms with Gasteiger partial charge in [-0.1, -0.05) is 120 Å². The van der Waals surface area contributed by atoms with Crippen molar-refractivity contribution in [2.45, 2.75) is 90.9 Å². The van der Waals surface area contributed by atoms with Crippen LogP contribution in [0.5, 0.6) is 5.75 Å². The van der Waals surface area contributed by atoms with Crippen LogP contribution in [0.1, 0.15) is 88.7 Å². The lowest BCUT2D eigenvalue weighted by Crippen LogP contribution is -1.92. The molecule has 0 bridgehead atoms. The first-order chi connectivity index (χ1) is 17.7. The monoisotopic (exact) mass is 485 g/mol. The standard InChI is InChI=1S/C26H38O.C6H5N3/c1-3-4-5-6-7-8-9-10-11-12-14-19-24-20-22(2)21-25(26(24)27)23-17-15-13-16-18-23;1-2-4-6-5(3-1)7-9-8-6/h13,15-18,20-21,27H,3-12,14,19H2,1-2H3;1-4H,(H,7,8,9). The van der Waals surface area contributed by atoms with Crippen LogP contribution in [0.3, 0.4) is 0 Å². The Labute approximate surface area is 217 Å². The summed E-state index contributed by atoms with van der Waals surface area (Å²) in [5.74, 6) is 0.471. The maximum atomic E-state index is 10.7. The number of nitrogens with zero attached hydrogens (tertiary/aromatic N) is 2. The number of phenolic OH excluding ortho intramolecular Hbond substituents is 1. The Morgan fingerprint density at radius 3 is 1.78 bits per heavy atom. The zero-order valence-corrected chi connectivity index (χ0v) is 22.2. The van der Waals surface area contributed by atoms with Crippen molar-refractivity contribution < 1.29 is 5.11 Å². The predicted octanol–water partition coefficient (Wildman–Crippen LogP) is 9.18. The number of fused-ring (bicyclic) bond motifs is 1. The SMILES string of the molecule is CCCCCCCCCCCCCc1cc(C)cc(-c2ccccc2)c1O.c1ccc2n[nH]nc2c1. The van der Waals surface area contributed by atoms with Gasteiger partial charge in [0.2, 0.25) is 0 Å². The summed E-state index contributed by atoms with van der Waals surface area (Å²) >= 11 is 0. The summed E-state index contributed by atoms with van der Waals surface area (Å²) in [6, 6.07) is 22.2. The third kappa shape index (κ3) is 9.14. The molecule has 0 saturated carbocycles. The molecule has 4 aromatic rings. The molecule has 0 aliphatic rings. The van der Waals surface area contributed by atoms with Crippen LogP contribution in [0.4, 0.5) is 0 Å². The highest BCUT2D eigenvalue weighted by atomic mass is 16.3. The second-order valence-electron chi connectivity index (χ2n) is 9.78. The number of aromatic amines is 1. The molecular formula is C32H43N3O. The van der Waals surface area contributed by atoms with Crippen molar-refractivity contribution in [1.82, 2.24) is 15.4 Å². The second-order valence-corrected chi connectivity index (χ2v) is 9.78. The largest absolute Gasteiger partial charge is 0.507 e. The third-order valence-corrected chi connectivity index (χ3v) is 6.69. The van der Waals surface area contributed by atoms with Crippen molar-refractivity contribution in [1.29, 1.82) is 0 Å². The molecule has 3 aromatic carbocycles. The molecule has 4 rings (SSSR count). The summed E-state index contributed by atoms with van der Waals surface area (Å²) in [5, 5.41) is 21.0. The van der Waals surface area contributed by atoms with Crippen molar-refractivity contribution in [3.8, 4) is 16.9 Å². The minimum atomic E-state index is 0.471. The third-order valence-electron chi connectivity index (χ3n) is 6.69. The number of para-hydroxylation sites is 2. The molecule has 4 heteroatoms. The van der Waals surface area contributed by atoms with Crippen molar-refractivity contribution in [3.05, 3.63) is 77.9 Å². The molecule has 0 atom stereocenters. The number of nitrogens with one attached hydrogen (secondary N) is 1. The molecule has 0 saturated heterocycles. The van der Waals surface area contributed by atoms with Gasteiger partial charge in [0.05, 0.1) is 0 Å². The van der Waals surface area contributed by atoms with E-state index in [9.17, 15) is 5.11 Å². The highest BCUT2D eigenvalue weighted by Gasteiger charge is 2.10. The van der Waals surface area contributed by atoms with E-state index in [-0.39, 0.29) is 0 Å². The van der Waals surface area contributed by atoms with Gasteiger partial charge in [0, 0.05) is 5.56 Å². The Hall–Kier alpha value is -3.14. The molecule has 0 aliphatic heterocycles. The molecule has 4 nitrogen and oxygen atoms in total. The fourth-order valence-electron chi connectivity index (χ4n) is 4.65. The Morgan fingerprint density at radius 1 is 0.667 bits per heavy atom. The molecule has 36 heavy (non-hydrogen) atoms. The zero-order chi connectivity index (χ0) is 25.4. The number of aromatic nitrogens is 3. The van der Waals surface area contributed by atoms with Gasteiger partial charge in [-0.2, -0.15) is 15.4 Å². The molecule has 1 aromatic heterocycles. The van der Waals surface area contributed by atoms with Crippen LogP contribution in [0.25, 0.3) is 22.2 Å². The van der Waals surface area contributed by atoms with Crippen molar-refractivity contribution >= 4 is 11.0 Å². The lowest BCUT2D eigenvalue weighted by Gasteiger charge is -2.12. The number of H-pyrrole nitrogens is 1. The van der Waals surface area contributed by atoms with Gasteiger partial charge in [0.1, 0.15) is 16.8 Å². The van der Waals surface area contributed by atoms with Crippen LogP contribution >= 0.6 is 0 Å². The molecule has 0 unspecified atom stereocenters. The molecule has 0 aliphatic carbocycles. The molecule has 2 N–H and O–H groups in total. The lowest BCUT2D eigenvalue weighted by molar-refractivity contribution is 0.467. The molecule has 1 heterocycles. The lowest BCUT2D eigenvalue weighted by atomic mass is 9.95. The van der Waals surface area contributed by atoms with Crippen molar-refractivity contribution in [2.75, 3.05) is 0 Å². The average Bonchev–Trinajstić information content (AvgIpc) is 3.39. The molecule has 0 radical (unpaired) electrons. The minimum Gasteiger partial charge on any atom is -0.507 e. The summed E-state index contributed by atoms with van der Waals surface area (Å²) in [6.07, 6.45) is 15.9. The summed E-state index contributed by atoms with van der Waals surface area (Å²) in [7, 11) is 0. The first-order valence-electron chi connectivity index (χ1n) is 13.8. The van der Waals surface area contributed by atoms with Gasteiger partial charge in [-0.15, -0.1) is 0 Å². The Kier molecular flexibility index (Phi) is 12.0. The number of rotatable bonds is 13. The minimum absolute atomic E-state index is 0.471. The maximum Gasteiger partial charge on any atom is 0.126 e. The van der Waals surface area contributed by atoms with Crippen molar-refractivity contribution in [2.24, 2.45) is 0 Å². The summed E-state index contributed by atoms with van der Waals surface area (Å²) < 4.78 is 0. The normalized spacial score (nSPS) is 10.8. The van der Waals surface area contributed by atoms with Crippen LogP contribution in [-0.4, -0.2) is 20.5 Å². The van der Waals surface area contributed by atoms with Crippen LogP contribution in [0.15, 0.2) is 66.7 Å². The second kappa shape index (κ2) is 15.8. The first-order valence-corrected chi connectivity index (χ1v) is 13.8. The Morgan fingerprint density at radius 2 is 1.19 bits per heavy atom. The van der Waals surface area contributed by atoms with E-state index in [0.717, 1.165) is 34.1 Å². The number of benzene rings is 3. The Balaban J connectivity index is 0.000000331. The van der Waals surface area contributed by atoms with E-state index in [2.05, 4.69) is 53.5 Å². The fraction of sp³-hybridized carbons (Fsp3) is 0.438. The van der Waals surface area contributed by atoms with Gasteiger partial charge in [-0.05, 0) is 54.7 Å². The van der Waals surface area contributed by atoms with Gasteiger partial charge in [0.25, 0.3) is 0 Å². The number of hydrogen-bond acceptors (Lipinski definition) is 3. The van der Waals surface area contributed by atoms with E-state index in [0.29, 0.717) is 5.75 Å². The quantitative estimate of drug-likeness (QED) is 0.186. The first kappa shape index (κ1) is 27.4. The van der Waals surface area contributed by atoms with E-state index < -0.39 is 0 Å². The van der Waals surface area contributed by atoms with Gasteiger partial charge >= 0.3 is 0 Å². The van der Waals surface area contributed by atoms with Crippen LogP contribution in [0.2, 0.25) is 0 Å². The average molecular weight is 486 g/mol. The van der Waals surface area contributed by atoms with E-state index in [4.69, 9.17) is 0 Å². The molecular weight excluding hydrogens is 442 g/mol. The van der Waals surface area contributed by atoms with Gasteiger partial charge in [-0.25, -0.2) is 0 Å². The highest BCUT2D eigenvalue weighted by Crippen LogP contribution is 2.34. The number of hydrogen-bond donors (Lipinski definition) is 2. The van der Waals surface area contributed by atoms with Gasteiger partial charge in [-0.3, -0.25) is 0 Å². The number of aromatic hydroxyl groups is 1. The zero-order valence-electron chi connectivity index (χ0n) is 22.2. The van der Waals surface area contributed by atoms with E-state index in [1.807, 2.05) is 42.5 Å². The maximum absolute atomic E-state index is 10.7. The molecule has 0 amide bonds. The Bertz CT molecular complexity index is 1110. The summed E-state index contributed by atoms with van der Waals surface area (Å²) in [4.78, 5) is 0. The van der Waals surface area contributed by atoms with Crippen LogP contribution in [0, 0.1) is 6.92 Å². The fourth-order valence-corrected chi connectivity index (χ4v) is 4.65. The molecule has 0 fully saturated rings. The van der Waals surface area contributed by atoms with E-state index in [1.165, 1.54) is 76.2 Å². The van der Waals surface area contributed by atoms with Crippen molar-refractivity contribution in [3.63, 3.8) is 0 Å². The smallest absolute Gasteiger partial charge is 0.126 e. The highest BCUT2D eigenvalue weighted by molar-refractivity contribution is 5.73. The van der Waals surface area contributed by atoms with Gasteiger partial charge < -0.3 is 5.11 Å². The van der Waals surface area contributed by atoms with E-state index >= 15 is 0 Å². The summed E-state index contributed by atoms with van der Waals surface area (Å²) in [5.41, 5.74) is 6.22. The van der Waals surface area contributed by atoms with E-state index in [1.54, 1.807) is 0 Å². The number of aryl methyl sites for hydroxylation is 2. The summed E-state index contributed by atoms with van der Waals surface area (Å²) in [6.45, 7) is 4.40. The molecule has 192 valence electrons. The predicted molar refractivity (Wildman–Crippen MR) is 152 cm³/mol. The van der Waals surface area contributed by atoms with Crippen LogP contribution in [-0.2, 0) is 6.42 Å².